The zero-order valence-corrected chi connectivity index (χ0v) is 41.8. The van der Waals surface area contributed by atoms with Crippen molar-refractivity contribution in [1.82, 2.24) is 5.32 Å². The number of carbonyl (C=O) groups excluding carboxylic acids is 1. The summed E-state index contributed by atoms with van der Waals surface area (Å²) in [6, 6.07) is -0.862. The van der Waals surface area contributed by atoms with Crippen LogP contribution in [0.25, 0.3) is 0 Å². The van der Waals surface area contributed by atoms with Gasteiger partial charge < -0.3 is 19.8 Å². The van der Waals surface area contributed by atoms with Gasteiger partial charge in [-0.2, -0.15) is 0 Å². The van der Waals surface area contributed by atoms with Crippen LogP contribution in [-0.2, 0) is 18.4 Å². The fraction of sp³-hybridized carbons (Fsp3) is 0.865. The minimum Gasteiger partial charge on any atom is -0.387 e. The van der Waals surface area contributed by atoms with Gasteiger partial charge in [0.05, 0.1) is 39.9 Å². The number of quaternary nitrogens is 1. The average molecular weight is 882 g/mol. The molecule has 360 valence electrons. The summed E-state index contributed by atoms with van der Waals surface area (Å²) in [5.41, 5.74) is 0. The van der Waals surface area contributed by atoms with E-state index in [4.69, 9.17) is 9.05 Å². The maximum Gasteiger partial charge on any atom is 0.472 e. The summed E-state index contributed by atoms with van der Waals surface area (Å²) in [6.45, 7) is 4.80. The van der Waals surface area contributed by atoms with Crippen LogP contribution in [0.3, 0.4) is 0 Å². The quantitative estimate of drug-likeness (QED) is 0.0243. The number of aliphatic hydroxyl groups excluding tert-OH is 1. The number of hydrogen-bond donors (Lipinski definition) is 3. The number of allylic oxidation sites excluding steroid dienone is 5. The Morgan fingerprint density at radius 1 is 0.541 bits per heavy atom. The molecule has 0 aliphatic carbocycles. The van der Waals surface area contributed by atoms with Crippen molar-refractivity contribution >= 4 is 13.7 Å². The highest BCUT2D eigenvalue weighted by molar-refractivity contribution is 7.47. The third-order valence-corrected chi connectivity index (χ3v) is 12.6. The van der Waals surface area contributed by atoms with E-state index in [-0.39, 0.29) is 19.1 Å². The number of amides is 1. The molecule has 3 N–H and O–H groups in total. The number of rotatable bonds is 47. The van der Waals surface area contributed by atoms with E-state index >= 15 is 0 Å². The van der Waals surface area contributed by atoms with Crippen LogP contribution in [0.5, 0.6) is 0 Å². The first-order valence-corrected chi connectivity index (χ1v) is 27.4. The molecule has 0 aliphatic heterocycles. The predicted octanol–water partition coefficient (Wildman–Crippen LogP) is 15.0. The van der Waals surface area contributed by atoms with Gasteiger partial charge in [0.25, 0.3) is 0 Å². The van der Waals surface area contributed by atoms with Crippen LogP contribution in [0.15, 0.2) is 36.5 Å². The second-order valence-electron chi connectivity index (χ2n) is 18.9. The van der Waals surface area contributed by atoms with Gasteiger partial charge in [-0.25, -0.2) is 4.57 Å². The lowest BCUT2D eigenvalue weighted by Gasteiger charge is -2.25. The maximum atomic E-state index is 12.9. The van der Waals surface area contributed by atoms with Crippen molar-refractivity contribution in [1.29, 1.82) is 0 Å². The largest absolute Gasteiger partial charge is 0.472 e. The van der Waals surface area contributed by atoms with Crippen LogP contribution in [-0.4, -0.2) is 73.4 Å². The van der Waals surface area contributed by atoms with Crippen molar-refractivity contribution in [2.75, 3.05) is 40.9 Å². The summed E-state index contributed by atoms with van der Waals surface area (Å²) in [5, 5.41) is 13.8. The second kappa shape index (κ2) is 43.9. The first-order valence-electron chi connectivity index (χ1n) is 25.9. The Bertz CT molecular complexity index is 1090. The number of aliphatic hydroxyl groups is 1. The molecule has 0 heterocycles. The fourth-order valence-corrected chi connectivity index (χ4v) is 8.20. The van der Waals surface area contributed by atoms with Gasteiger partial charge in [0.1, 0.15) is 13.2 Å². The standard InChI is InChI=1S/C52H101N2O6P/c1-6-8-10-12-14-16-18-20-21-22-23-24-25-26-27-28-29-30-31-32-34-36-38-40-42-44-46-52(56)53-50(49-60-61(57,58)59-48-47-54(3,4)5)51(55)45-43-41-39-37-35-33-19-17-15-13-11-9-7-2/h26-27,35,37,43,45,50-51,55H,6-25,28-34,36,38-42,44,46-49H2,1-5H3,(H-,53,56,57,58)/p+1/b27-26-,37-35+,45-43+. The molecule has 61 heavy (non-hydrogen) atoms. The molecule has 0 aromatic rings. The zero-order chi connectivity index (χ0) is 45.0. The molecule has 1 amide bonds. The monoisotopic (exact) mass is 882 g/mol. The molecule has 0 fully saturated rings. The lowest BCUT2D eigenvalue weighted by molar-refractivity contribution is -0.870. The number of hydrogen-bond acceptors (Lipinski definition) is 5. The summed E-state index contributed by atoms with van der Waals surface area (Å²) < 4.78 is 23.6. The summed E-state index contributed by atoms with van der Waals surface area (Å²) in [5.74, 6) is -0.188. The summed E-state index contributed by atoms with van der Waals surface area (Å²) in [4.78, 5) is 23.2. The number of likely N-dealkylation sites (N-methyl/N-ethyl adjacent to an activating group) is 1. The van der Waals surface area contributed by atoms with Crippen LogP contribution in [0, 0.1) is 0 Å². The lowest BCUT2D eigenvalue weighted by Crippen LogP contribution is -2.45. The van der Waals surface area contributed by atoms with Crippen molar-refractivity contribution < 1.29 is 32.9 Å². The van der Waals surface area contributed by atoms with Gasteiger partial charge in [-0.15, -0.1) is 0 Å². The third kappa shape index (κ3) is 46.5. The zero-order valence-electron chi connectivity index (χ0n) is 40.9. The van der Waals surface area contributed by atoms with Gasteiger partial charge in [-0.3, -0.25) is 13.8 Å². The average Bonchev–Trinajstić information content (AvgIpc) is 3.21. The van der Waals surface area contributed by atoms with E-state index in [1.807, 2.05) is 27.2 Å². The van der Waals surface area contributed by atoms with Gasteiger partial charge in [-0.1, -0.05) is 211 Å². The Balaban J connectivity index is 4.20. The van der Waals surface area contributed by atoms with E-state index in [1.165, 1.54) is 180 Å². The number of carbonyl (C=O) groups is 1. The van der Waals surface area contributed by atoms with Gasteiger partial charge in [0.15, 0.2) is 0 Å². The molecule has 0 aromatic carbocycles. The molecule has 0 aliphatic rings. The van der Waals surface area contributed by atoms with E-state index in [9.17, 15) is 19.4 Å². The molecule has 0 rings (SSSR count). The molecule has 0 saturated carbocycles. The van der Waals surface area contributed by atoms with Crippen LogP contribution >= 0.6 is 7.82 Å². The molecular formula is C52H102N2O6P+. The summed E-state index contributed by atoms with van der Waals surface area (Å²) >= 11 is 0. The van der Waals surface area contributed by atoms with Gasteiger partial charge in [0, 0.05) is 6.42 Å². The van der Waals surface area contributed by atoms with Crippen molar-refractivity contribution in [2.24, 2.45) is 0 Å². The smallest absolute Gasteiger partial charge is 0.387 e. The normalized spacial score (nSPS) is 14.4. The summed E-state index contributed by atoms with van der Waals surface area (Å²) in [7, 11) is 1.56. The highest BCUT2D eigenvalue weighted by Crippen LogP contribution is 2.43. The van der Waals surface area contributed by atoms with Crippen molar-refractivity contribution in [3.05, 3.63) is 36.5 Å². The first-order chi connectivity index (χ1) is 29.5. The number of nitrogens with zero attached hydrogens (tertiary/aromatic N) is 1. The van der Waals surface area contributed by atoms with Gasteiger partial charge in [0.2, 0.25) is 5.91 Å². The topological polar surface area (TPSA) is 105 Å². The Hall–Kier alpha value is -1.28. The van der Waals surface area contributed by atoms with Gasteiger partial charge in [-0.05, 0) is 57.8 Å². The minimum atomic E-state index is -4.35. The molecule has 9 heteroatoms. The lowest BCUT2D eigenvalue weighted by atomic mass is 10.0. The first kappa shape index (κ1) is 59.7. The fourth-order valence-electron chi connectivity index (χ4n) is 7.46. The molecule has 0 radical (unpaired) electrons. The Labute approximate surface area is 378 Å². The van der Waals surface area contributed by atoms with Crippen molar-refractivity contribution in [2.45, 2.75) is 251 Å². The molecular weight excluding hydrogens is 780 g/mol. The molecule has 0 bridgehead atoms. The number of unbranched alkanes of at least 4 members (excludes halogenated alkanes) is 30. The van der Waals surface area contributed by atoms with Gasteiger partial charge >= 0.3 is 7.82 Å². The molecule has 0 saturated heterocycles. The third-order valence-electron chi connectivity index (χ3n) is 11.6. The number of phosphoric ester groups is 1. The SMILES string of the molecule is CCCCCCCCC/C=C/CC/C=C/C(O)C(COP(=O)(O)OCC[N+](C)(C)C)NC(=O)CCCCCCCCCCCC/C=C\CCCCCCCCCCCCCC. The maximum absolute atomic E-state index is 12.9. The highest BCUT2D eigenvalue weighted by atomic mass is 31.2. The number of phosphoric acid groups is 1. The Morgan fingerprint density at radius 3 is 1.31 bits per heavy atom. The molecule has 0 spiro atoms. The number of nitrogens with one attached hydrogen (secondary N) is 1. The van der Waals surface area contributed by atoms with E-state index in [2.05, 4.69) is 43.5 Å². The minimum absolute atomic E-state index is 0.0562. The predicted molar refractivity (Wildman–Crippen MR) is 263 cm³/mol. The molecule has 3 unspecified atom stereocenters. The highest BCUT2D eigenvalue weighted by Gasteiger charge is 2.27. The van der Waals surface area contributed by atoms with E-state index in [0.29, 0.717) is 17.4 Å². The van der Waals surface area contributed by atoms with Crippen LogP contribution in [0.1, 0.15) is 239 Å². The Kier molecular flexibility index (Phi) is 43.0. The van der Waals surface area contributed by atoms with E-state index in [1.54, 1.807) is 6.08 Å². The molecule has 0 aromatic heterocycles. The molecule has 8 nitrogen and oxygen atoms in total. The molecule has 3 atom stereocenters. The van der Waals surface area contributed by atoms with Crippen LogP contribution < -0.4 is 5.32 Å². The second-order valence-corrected chi connectivity index (χ2v) is 20.3. The van der Waals surface area contributed by atoms with Crippen LogP contribution in [0.4, 0.5) is 0 Å². The summed E-state index contributed by atoms with van der Waals surface area (Å²) in [6.07, 6.45) is 55.2. The van der Waals surface area contributed by atoms with E-state index in [0.717, 1.165) is 38.5 Å². The van der Waals surface area contributed by atoms with E-state index < -0.39 is 20.0 Å². The Morgan fingerprint density at radius 2 is 0.902 bits per heavy atom. The van der Waals surface area contributed by atoms with Crippen molar-refractivity contribution in [3.8, 4) is 0 Å². The van der Waals surface area contributed by atoms with Crippen molar-refractivity contribution in [3.63, 3.8) is 0 Å². The van der Waals surface area contributed by atoms with Crippen LogP contribution in [0.2, 0.25) is 0 Å².